The summed E-state index contributed by atoms with van der Waals surface area (Å²) in [5.74, 6) is 0. The monoisotopic (exact) mass is 277 g/mol. The van der Waals surface area contributed by atoms with E-state index in [2.05, 4.69) is 54.1 Å². The van der Waals surface area contributed by atoms with Crippen LogP contribution in [-0.4, -0.2) is 35.6 Å². The molecule has 3 heteroatoms. The van der Waals surface area contributed by atoms with Crippen molar-refractivity contribution < 1.29 is 0 Å². The highest BCUT2D eigenvalue weighted by atomic mass is 15.1. The van der Waals surface area contributed by atoms with Crippen molar-refractivity contribution >= 4 is 0 Å². The first-order chi connectivity index (χ1) is 9.70. The number of rotatable bonds is 7. The van der Waals surface area contributed by atoms with Crippen LogP contribution in [0.15, 0.2) is 18.5 Å². The average Bonchev–Trinajstić information content (AvgIpc) is 2.93. The molecule has 0 amide bonds. The molecule has 114 valence electrons. The van der Waals surface area contributed by atoms with Crippen LogP contribution in [0.2, 0.25) is 0 Å². The standard InChI is InChI=1S/C17H31N3/c1-4-10-18-15(2)16-8-12-20(14-16)13-9-17-7-5-6-11-19(17)3/h8,12,14-15,17-18H,4-7,9-11,13H2,1-3H3. The van der Waals surface area contributed by atoms with E-state index in [1.165, 1.54) is 44.2 Å². The molecule has 1 aliphatic heterocycles. The lowest BCUT2D eigenvalue weighted by atomic mass is 10.0. The fraction of sp³-hybridized carbons (Fsp3) is 0.765. The predicted octanol–water partition coefficient (Wildman–Crippen LogP) is 3.42. The van der Waals surface area contributed by atoms with Gasteiger partial charge in [-0.25, -0.2) is 0 Å². The van der Waals surface area contributed by atoms with Gasteiger partial charge in [0.15, 0.2) is 0 Å². The van der Waals surface area contributed by atoms with Gasteiger partial charge in [-0.2, -0.15) is 0 Å². The summed E-state index contributed by atoms with van der Waals surface area (Å²) in [5.41, 5.74) is 1.41. The lowest BCUT2D eigenvalue weighted by Crippen LogP contribution is -2.36. The molecule has 2 heterocycles. The molecule has 2 atom stereocenters. The van der Waals surface area contributed by atoms with Gasteiger partial charge in [-0.1, -0.05) is 13.3 Å². The van der Waals surface area contributed by atoms with Gasteiger partial charge in [0.2, 0.25) is 0 Å². The number of nitrogens with zero attached hydrogens (tertiary/aromatic N) is 2. The molecule has 1 fully saturated rings. The largest absolute Gasteiger partial charge is 0.354 e. The zero-order valence-corrected chi connectivity index (χ0v) is 13.4. The number of hydrogen-bond donors (Lipinski definition) is 1. The Balaban J connectivity index is 1.80. The number of likely N-dealkylation sites (tertiary alicyclic amines) is 1. The number of nitrogens with one attached hydrogen (secondary N) is 1. The zero-order valence-electron chi connectivity index (χ0n) is 13.4. The molecule has 0 spiro atoms. The fourth-order valence-electron chi connectivity index (χ4n) is 3.14. The molecule has 1 aromatic heterocycles. The van der Waals surface area contributed by atoms with Crippen molar-refractivity contribution in [2.45, 2.75) is 64.6 Å². The van der Waals surface area contributed by atoms with Crippen molar-refractivity contribution in [3.05, 3.63) is 24.0 Å². The third-order valence-corrected chi connectivity index (χ3v) is 4.62. The first-order valence-electron chi connectivity index (χ1n) is 8.30. The summed E-state index contributed by atoms with van der Waals surface area (Å²) < 4.78 is 2.36. The Kier molecular flexibility index (Phi) is 6.11. The molecule has 1 aliphatic rings. The highest BCUT2D eigenvalue weighted by molar-refractivity contribution is 5.14. The number of piperidine rings is 1. The van der Waals surface area contributed by atoms with Crippen molar-refractivity contribution in [3.8, 4) is 0 Å². The van der Waals surface area contributed by atoms with Crippen molar-refractivity contribution in [2.24, 2.45) is 0 Å². The molecule has 0 saturated carbocycles. The summed E-state index contributed by atoms with van der Waals surface area (Å²) in [7, 11) is 2.28. The lowest BCUT2D eigenvalue weighted by molar-refractivity contribution is 0.171. The van der Waals surface area contributed by atoms with E-state index < -0.39 is 0 Å². The Labute approximate surface area is 124 Å². The Bertz CT molecular complexity index is 385. The second-order valence-electron chi connectivity index (χ2n) is 6.28. The maximum atomic E-state index is 3.55. The second-order valence-corrected chi connectivity index (χ2v) is 6.28. The minimum absolute atomic E-state index is 0.466. The molecule has 1 saturated heterocycles. The van der Waals surface area contributed by atoms with Gasteiger partial charge in [0.05, 0.1) is 0 Å². The van der Waals surface area contributed by atoms with Crippen LogP contribution in [0.1, 0.15) is 57.6 Å². The average molecular weight is 277 g/mol. The van der Waals surface area contributed by atoms with Gasteiger partial charge in [0, 0.05) is 31.0 Å². The Morgan fingerprint density at radius 2 is 2.25 bits per heavy atom. The lowest BCUT2D eigenvalue weighted by Gasteiger charge is -2.32. The van der Waals surface area contributed by atoms with E-state index in [-0.39, 0.29) is 0 Å². The molecular weight excluding hydrogens is 246 g/mol. The van der Waals surface area contributed by atoms with Gasteiger partial charge in [-0.15, -0.1) is 0 Å². The van der Waals surface area contributed by atoms with Crippen LogP contribution in [0.5, 0.6) is 0 Å². The maximum absolute atomic E-state index is 3.55. The van der Waals surface area contributed by atoms with Gasteiger partial charge >= 0.3 is 0 Å². The molecule has 3 nitrogen and oxygen atoms in total. The van der Waals surface area contributed by atoms with E-state index in [1.807, 2.05) is 0 Å². The first-order valence-corrected chi connectivity index (χ1v) is 8.30. The maximum Gasteiger partial charge on any atom is 0.0306 e. The van der Waals surface area contributed by atoms with Gasteiger partial charge in [-0.3, -0.25) is 0 Å². The van der Waals surface area contributed by atoms with Gasteiger partial charge in [0.1, 0.15) is 0 Å². The van der Waals surface area contributed by atoms with Crippen LogP contribution in [-0.2, 0) is 6.54 Å². The third-order valence-electron chi connectivity index (χ3n) is 4.62. The Morgan fingerprint density at radius 3 is 3.00 bits per heavy atom. The molecule has 0 aromatic carbocycles. The van der Waals surface area contributed by atoms with Crippen LogP contribution in [0.3, 0.4) is 0 Å². The molecule has 2 unspecified atom stereocenters. The normalized spacial score (nSPS) is 22.1. The SMILES string of the molecule is CCCNC(C)c1ccn(CCC2CCCCN2C)c1. The second kappa shape index (κ2) is 7.84. The van der Waals surface area contributed by atoms with Gasteiger partial charge in [0.25, 0.3) is 0 Å². The first kappa shape index (κ1) is 15.6. The molecule has 0 bridgehead atoms. The van der Waals surface area contributed by atoms with Crippen molar-refractivity contribution in [1.82, 2.24) is 14.8 Å². The van der Waals surface area contributed by atoms with E-state index in [9.17, 15) is 0 Å². The topological polar surface area (TPSA) is 20.2 Å². The molecule has 1 aromatic rings. The fourth-order valence-corrected chi connectivity index (χ4v) is 3.14. The summed E-state index contributed by atoms with van der Waals surface area (Å²) in [6.07, 6.45) is 11.2. The molecular formula is C17H31N3. The quantitative estimate of drug-likeness (QED) is 0.824. The summed E-state index contributed by atoms with van der Waals surface area (Å²) in [6.45, 7) is 7.99. The molecule has 0 radical (unpaired) electrons. The van der Waals surface area contributed by atoms with Crippen LogP contribution in [0, 0.1) is 0 Å². The summed E-state index contributed by atoms with van der Waals surface area (Å²) in [5, 5.41) is 3.55. The Morgan fingerprint density at radius 1 is 1.40 bits per heavy atom. The molecule has 1 N–H and O–H groups in total. The van der Waals surface area contributed by atoms with Crippen LogP contribution in [0.25, 0.3) is 0 Å². The van der Waals surface area contributed by atoms with Crippen LogP contribution in [0.4, 0.5) is 0 Å². The number of hydrogen-bond acceptors (Lipinski definition) is 2. The zero-order chi connectivity index (χ0) is 14.4. The smallest absolute Gasteiger partial charge is 0.0306 e. The van der Waals surface area contributed by atoms with Crippen molar-refractivity contribution in [1.29, 1.82) is 0 Å². The van der Waals surface area contributed by atoms with Crippen LogP contribution < -0.4 is 5.32 Å². The van der Waals surface area contributed by atoms with E-state index in [0.717, 1.165) is 19.1 Å². The predicted molar refractivity (Wildman–Crippen MR) is 86.0 cm³/mol. The molecule has 2 rings (SSSR count). The van der Waals surface area contributed by atoms with Gasteiger partial charge < -0.3 is 14.8 Å². The highest BCUT2D eigenvalue weighted by Gasteiger charge is 2.18. The van der Waals surface area contributed by atoms with Crippen molar-refractivity contribution in [3.63, 3.8) is 0 Å². The minimum Gasteiger partial charge on any atom is -0.354 e. The van der Waals surface area contributed by atoms with Crippen molar-refractivity contribution in [2.75, 3.05) is 20.1 Å². The van der Waals surface area contributed by atoms with E-state index in [0.29, 0.717) is 6.04 Å². The molecule has 0 aliphatic carbocycles. The van der Waals surface area contributed by atoms with E-state index in [1.54, 1.807) is 0 Å². The van der Waals surface area contributed by atoms with E-state index in [4.69, 9.17) is 0 Å². The van der Waals surface area contributed by atoms with Crippen LogP contribution >= 0.6 is 0 Å². The highest BCUT2D eigenvalue weighted by Crippen LogP contribution is 2.19. The molecule has 20 heavy (non-hydrogen) atoms. The number of aryl methyl sites for hydroxylation is 1. The number of aromatic nitrogens is 1. The summed E-state index contributed by atoms with van der Waals surface area (Å²) in [6, 6.07) is 3.51. The summed E-state index contributed by atoms with van der Waals surface area (Å²) >= 11 is 0. The minimum atomic E-state index is 0.466. The third kappa shape index (κ3) is 4.35. The Hall–Kier alpha value is -0.800. The summed E-state index contributed by atoms with van der Waals surface area (Å²) in [4.78, 5) is 2.54. The van der Waals surface area contributed by atoms with E-state index >= 15 is 0 Å². The van der Waals surface area contributed by atoms with Gasteiger partial charge in [-0.05, 0) is 64.4 Å².